The Balaban J connectivity index is 0.00000144. The van der Waals surface area contributed by atoms with E-state index >= 15 is 0 Å². The molecule has 82 valence electrons. The van der Waals surface area contributed by atoms with Gasteiger partial charge in [0.15, 0.2) is 6.29 Å². The summed E-state index contributed by atoms with van der Waals surface area (Å²) in [5, 5.41) is 0.893. The molecule has 2 aromatic rings. The Hall–Kier alpha value is -0.720. The third-order valence-electron chi connectivity index (χ3n) is 2.29. The molecule has 0 radical (unpaired) electrons. The number of carbonyl (C=O) groups is 1. The predicted molar refractivity (Wildman–Crippen MR) is 57.3 cm³/mol. The van der Waals surface area contributed by atoms with Crippen molar-refractivity contribution in [3.63, 3.8) is 0 Å². The van der Waals surface area contributed by atoms with Crippen molar-refractivity contribution in [1.82, 2.24) is 0 Å². The first-order valence-corrected chi connectivity index (χ1v) is 5.87. The van der Waals surface area contributed by atoms with Crippen molar-refractivity contribution in [2.45, 2.75) is 4.90 Å². The first-order valence-electron chi connectivity index (χ1n) is 4.47. The van der Waals surface area contributed by atoms with Crippen LogP contribution in [-0.4, -0.2) is 19.3 Å². The van der Waals surface area contributed by atoms with Gasteiger partial charge >= 0.3 is 29.6 Å². The van der Waals surface area contributed by atoms with Gasteiger partial charge in [0.25, 0.3) is 0 Å². The van der Waals surface area contributed by atoms with Gasteiger partial charge in [0.05, 0.1) is 4.90 Å². The molecule has 0 aromatic heterocycles. The normalized spacial score (nSPS) is 10.9. The van der Waals surface area contributed by atoms with E-state index in [1.807, 2.05) is 0 Å². The number of hydrogen-bond acceptors (Lipinski definition) is 4. The Morgan fingerprint density at radius 1 is 1.06 bits per heavy atom. The summed E-state index contributed by atoms with van der Waals surface area (Å²) in [6.45, 7) is 0. The van der Waals surface area contributed by atoms with Gasteiger partial charge in [0.2, 0.25) is 0 Å². The van der Waals surface area contributed by atoms with E-state index in [2.05, 4.69) is 0 Å². The summed E-state index contributed by atoms with van der Waals surface area (Å²) in [5.41, 5.74) is -0.103. The maximum absolute atomic E-state index is 11.1. The number of aldehydes is 1. The second-order valence-corrected chi connectivity index (χ2v) is 4.59. The van der Waals surface area contributed by atoms with Crippen molar-refractivity contribution in [2.75, 3.05) is 0 Å². The zero-order valence-corrected chi connectivity index (χ0v) is 11.9. The average Bonchev–Trinajstić information content (AvgIpc) is 2.26. The first-order chi connectivity index (χ1) is 7.54. The fourth-order valence-electron chi connectivity index (χ4n) is 1.63. The monoisotopic (exact) mass is 258 g/mol. The minimum atomic E-state index is -4.65. The number of hydrogen-bond donors (Lipinski definition) is 0. The van der Waals surface area contributed by atoms with Crippen LogP contribution < -0.4 is 29.6 Å². The van der Waals surface area contributed by atoms with Crippen LogP contribution in [0.25, 0.3) is 10.8 Å². The number of carbonyl (C=O) groups excluding carboxylic acids is 1. The molecule has 2 rings (SSSR count). The quantitative estimate of drug-likeness (QED) is 0.376. The molecule has 0 aliphatic rings. The van der Waals surface area contributed by atoms with Gasteiger partial charge in [0, 0.05) is 5.56 Å². The van der Waals surface area contributed by atoms with Gasteiger partial charge in [-0.05, 0) is 16.8 Å². The smallest absolute Gasteiger partial charge is 0.744 e. The summed E-state index contributed by atoms with van der Waals surface area (Å²) >= 11 is 0. The summed E-state index contributed by atoms with van der Waals surface area (Å²) in [6, 6.07) is 9.47. The van der Waals surface area contributed by atoms with Crippen molar-refractivity contribution < 1.29 is 47.3 Å². The van der Waals surface area contributed by atoms with Crippen LogP contribution in [0.2, 0.25) is 0 Å². The minimum Gasteiger partial charge on any atom is -0.744 e. The summed E-state index contributed by atoms with van der Waals surface area (Å²) < 4.78 is 33.3. The van der Waals surface area contributed by atoms with Crippen molar-refractivity contribution in [2.24, 2.45) is 0 Å². The van der Waals surface area contributed by atoms with Crippen LogP contribution in [0.4, 0.5) is 0 Å². The molecule has 0 aliphatic heterocycles. The van der Waals surface area contributed by atoms with Crippen LogP contribution in [0.1, 0.15) is 10.4 Å². The Morgan fingerprint density at radius 3 is 2.29 bits per heavy atom. The summed E-state index contributed by atoms with van der Waals surface area (Å²) in [4.78, 5) is 10.3. The van der Waals surface area contributed by atoms with Crippen molar-refractivity contribution >= 4 is 27.2 Å². The third-order valence-corrected chi connectivity index (χ3v) is 3.24. The molecule has 0 fully saturated rings. The molecule has 0 heterocycles. The van der Waals surface area contributed by atoms with E-state index in [1.165, 1.54) is 12.1 Å². The number of fused-ring (bicyclic) bond motifs is 1. The predicted octanol–water partition coefficient (Wildman–Crippen LogP) is -1.44. The molecule has 2 aromatic carbocycles. The standard InChI is InChI=1S/C11H8O4S.Na/c12-7-9-6-5-8-3-1-2-4-10(8)11(9)16(13,14)15;/h1-7H,(H,13,14,15);/q;+1/p-1. The Kier molecular flexibility index (Phi) is 4.46. The molecular formula is C11H7NaO4S. The largest absolute Gasteiger partial charge is 1.00 e. The Morgan fingerprint density at radius 2 is 1.71 bits per heavy atom. The molecular weight excluding hydrogens is 251 g/mol. The van der Waals surface area contributed by atoms with Crippen LogP contribution >= 0.6 is 0 Å². The van der Waals surface area contributed by atoms with E-state index in [4.69, 9.17) is 0 Å². The van der Waals surface area contributed by atoms with Crippen LogP contribution in [0, 0.1) is 0 Å². The Labute approximate surface area is 121 Å². The van der Waals surface area contributed by atoms with E-state index in [1.54, 1.807) is 24.3 Å². The molecule has 6 heteroatoms. The van der Waals surface area contributed by atoms with Gasteiger partial charge in [-0.25, -0.2) is 8.42 Å². The van der Waals surface area contributed by atoms with E-state index in [9.17, 15) is 17.8 Å². The zero-order valence-electron chi connectivity index (χ0n) is 9.08. The third kappa shape index (κ3) is 2.75. The van der Waals surface area contributed by atoms with Crippen molar-refractivity contribution in [1.29, 1.82) is 0 Å². The maximum atomic E-state index is 11.1. The minimum absolute atomic E-state index is 0. The first kappa shape index (κ1) is 14.3. The van der Waals surface area contributed by atoms with Crippen LogP contribution in [-0.2, 0) is 10.1 Å². The molecule has 0 atom stereocenters. The molecule has 0 spiro atoms. The van der Waals surface area contributed by atoms with Gasteiger partial charge in [-0.1, -0.05) is 30.3 Å². The van der Waals surface area contributed by atoms with Crippen LogP contribution in [0.5, 0.6) is 0 Å². The molecule has 4 nitrogen and oxygen atoms in total. The van der Waals surface area contributed by atoms with Gasteiger partial charge in [-0.2, -0.15) is 0 Å². The zero-order chi connectivity index (χ0) is 11.8. The van der Waals surface area contributed by atoms with Gasteiger partial charge < -0.3 is 4.55 Å². The van der Waals surface area contributed by atoms with Crippen molar-refractivity contribution in [3.8, 4) is 0 Å². The molecule has 0 unspecified atom stereocenters. The molecule has 0 N–H and O–H groups in total. The molecule has 0 aliphatic carbocycles. The van der Waals surface area contributed by atoms with Gasteiger partial charge in [-0.15, -0.1) is 0 Å². The van der Waals surface area contributed by atoms with Crippen LogP contribution in [0.3, 0.4) is 0 Å². The molecule has 0 amide bonds. The van der Waals surface area contributed by atoms with E-state index in [0.29, 0.717) is 11.7 Å². The van der Waals surface area contributed by atoms with E-state index < -0.39 is 15.0 Å². The summed E-state index contributed by atoms with van der Waals surface area (Å²) in [7, 11) is -4.65. The topological polar surface area (TPSA) is 74.3 Å². The number of benzene rings is 2. The second kappa shape index (κ2) is 5.29. The maximum Gasteiger partial charge on any atom is 1.00 e. The summed E-state index contributed by atoms with van der Waals surface area (Å²) in [6.07, 6.45) is 0.372. The SMILES string of the molecule is O=Cc1ccc2ccccc2c1S(=O)(=O)[O-].[Na+]. The van der Waals surface area contributed by atoms with Crippen LogP contribution in [0.15, 0.2) is 41.3 Å². The molecule has 0 bridgehead atoms. The van der Waals surface area contributed by atoms with E-state index in [0.717, 1.165) is 0 Å². The summed E-state index contributed by atoms with van der Waals surface area (Å²) in [5.74, 6) is 0. The molecule has 0 saturated carbocycles. The second-order valence-electron chi connectivity index (χ2n) is 3.28. The fraction of sp³-hybridized carbons (Fsp3) is 0. The van der Waals surface area contributed by atoms with E-state index in [-0.39, 0.29) is 40.5 Å². The van der Waals surface area contributed by atoms with Crippen molar-refractivity contribution in [3.05, 3.63) is 42.0 Å². The molecule has 17 heavy (non-hydrogen) atoms. The van der Waals surface area contributed by atoms with Gasteiger partial charge in [-0.3, -0.25) is 4.79 Å². The average molecular weight is 258 g/mol. The molecule has 0 saturated heterocycles. The fourth-order valence-corrected chi connectivity index (χ4v) is 2.49. The van der Waals surface area contributed by atoms with Gasteiger partial charge in [0.1, 0.15) is 10.1 Å². The number of rotatable bonds is 2. The Bertz CT molecular complexity index is 664.